The standard InChI is InChI=1S/C88H112N6O6.Zn/c1-16-21-26-31-36-64-54(6)78-76(58-40-42-59(43-41-58)86-99-52-63(53-100-86)94-84(97)70-48-68-69(49-71(70)85(94)98)83(96)93(82(68)95)44-35-30-25-20-5)79-55(7)65(37-32-27-22-17-2)73(90-79)51-75-67(39-34-29-24-19-4)57(9)81(92-75)77(60-45-61(87(10,11)12)47-62(46-60)88(13,14)15)80-56(8)66(38-33-28-23-18-3)74(91-80)50-72(64)89-78;/h40-43,45-51,63,86H,16-39,44,52-53H2,1-15H3;/q-2;+2. The Morgan fingerprint density at radius 1 is 0.455 bits per heavy atom. The topological polar surface area (TPSA) is 151 Å². The molecular formula is C88H112N6O6Zn. The first-order chi connectivity index (χ1) is 48.0. The SMILES string of the molecule is CCCCCCC1=C(C)c2nc1cc1[n-]c(c(C)c1CCCCCC)c(-c1ccc(C3OCC(n4c(=O)c5cc6c(=O)n(CCCCCC)c(=O)c6cc5c4=O)CO3)cc1)c1nc(cc3[n-]c(c(C)c3CCCCCC)c2-c2cc(C(C)(C)C)cc(C(C)(C)C)c2)C(CCCCCC)=C1C.[Zn+2]. The molecule has 0 radical (unpaired) electrons. The smallest absolute Gasteiger partial charge is 0.657 e. The number of nitrogens with zero attached hydrogens (tertiary/aromatic N) is 6. The number of unbranched alkanes of at least 4 members (excludes halogenated alkanes) is 15. The first kappa shape index (κ1) is 76.7. The molecule has 12 nitrogen and oxygen atoms in total. The van der Waals surface area contributed by atoms with E-state index < -0.39 is 34.6 Å². The number of aromatic nitrogens is 6. The molecule has 1 fully saturated rings. The van der Waals surface area contributed by atoms with Crippen LogP contribution in [0.15, 0.2) is 85.9 Å². The Morgan fingerprint density at radius 3 is 1.25 bits per heavy atom. The molecule has 3 aliphatic heterocycles. The van der Waals surface area contributed by atoms with E-state index in [1.807, 2.05) is 0 Å². The molecule has 0 unspecified atom stereocenters. The fourth-order valence-corrected chi connectivity index (χ4v) is 15.6. The van der Waals surface area contributed by atoms with Crippen molar-refractivity contribution in [3.63, 3.8) is 0 Å². The summed E-state index contributed by atoms with van der Waals surface area (Å²) in [7, 11) is 0. The Morgan fingerprint density at radius 2 is 0.842 bits per heavy atom. The number of allylic oxidation sites excluding steroid dienone is 4. The molecule has 532 valence electrons. The molecule has 0 amide bonds. The number of ether oxygens (including phenoxy) is 2. The van der Waals surface area contributed by atoms with Crippen LogP contribution < -0.4 is 32.2 Å². The van der Waals surface area contributed by atoms with Gasteiger partial charge in [-0.05, 0) is 164 Å². The number of benzene rings is 3. The van der Waals surface area contributed by atoms with E-state index in [-0.39, 0.29) is 65.1 Å². The molecule has 5 aromatic heterocycles. The van der Waals surface area contributed by atoms with Crippen molar-refractivity contribution in [2.75, 3.05) is 13.2 Å². The summed E-state index contributed by atoms with van der Waals surface area (Å²) in [5, 5.41) is 0.564. The zero-order chi connectivity index (χ0) is 71.3. The van der Waals surface area contributed by atoms with Crippen LogP contribution >= 0.6 is 0 Å². The Bertz CT molecular complexity index is 4660. The van der Waals surface area contributed by atoms with Gasteiger partial charge >= 0.3 is 19.5 Å². The van der Waals surface area contributed by atoms with E-state index in [1.54, 1.807) is 0 Å². The second kappa shape index (κ2) is 33.2. The van der Waals surface area contributed by atoms with Crippen LogP contribution in [0.2, 0.25) is 0 Å². The average Bonchev–Trinajstić information content (AvgIpc) is 1.60. The molecule has 8 heterocycles. The Labute approximate surface area is 613 Å². The van der Waals surface area contributed by atoms with Crippen molar-refractivity contribution < 1.29 is 29.0 Å². The first-order valence-corrected chi connectivity index (χ1v) is 38.5. The van der Waals surface area contributed by atoms with E-state index in [1.165, 1.54) is 91.5 Å². The van der Waals surface area contributed by atoms with Gasteiger partial charge in [0.15, 0.2) is 6.29 Å². The average molecular weight is 1420 g/mol. The van der Waals surface area contributed by atoms with Crippen LogP contribution in [-0.4, -0.2) is 32.3 Å². The van der Waals surface area contributed by atoms with Crippen LogP contribution in [0, 0.1) is 13.8 Å². The molecule has 8 aromatic rings. The van der Waals surface area contributed by atoms with Gasteiger partial charge in [0.25, 0.3) is 22.2 Å². The van der Waals surface area contributed by atoms with Gasteiger partial charge in [0, 0.05) is 12.1 Å². The molecule has 0 N–H and O–H groups in total. The largest absolute Gasteiger partial charge is 2.00 e. The summed E-state index contributed by atoms with van der Waals surface area (Å²) < 4.78 is 15.4. The van der Waals surface area contributed by atoms with Crippen molar-refractivity contribution in [2.45, 2.75) is 288 Å². The van der Waals surface area contributed by atoms with E-state index in [4.69, 9.17) is 29.4 Å². The maximum absolute atomic E-state index is 14.2. The van der Waals surface area contributed by atoms with Crippen LogP contribution in [-0.2, 0) is 59.2 Å². The number of rotatable bonds is 29. The summed E-state index contributed by atoms with van der Waals surface area (Å²) in [4.78, 5) is 79.3. The minimum absolute atomic E-state index is 0. The molecule has 0 aliphatic carbocycles. The third-order valence-electron chi connectivity index (χ3n) is 21.9. The number of hydrogen-bond acceptors (Lipinski definition) is 8. The quantitative estimate of drug-likeness (QED) is 0.0327. The second-order valence-corrected chi connectivity index (χ2v) is 31.4. The zero-order valence-corrected chi connectivity index (χ0v) is 66.9. The molecule has 1 saturated heterocycles. The van der Waals surface area contributed by atoms with Gasteiger partial charge in [-0.2, -0.15) is 0 Å². The second-order valence-electron chi connectivity index (χ2n) is 31.4. The minimum Gasteiger partial charge on any atom is -0.657 e. The predicted octanol–water partition coefficient (Wildman–Crippen LogP) is 21.3. The summed E-state index contributed by atoms with van der Waals surface area (Å²) in [5.41, 5.74) is 23.1. The van der Waals surface area contributed by atoms with Crippen LogP contribution in [0.25, 0.3) is 88.2 Å². The molecule has 11 rings (SSSR count). The van der Waals surface area contributed by atoms with Gasteiger partial charge in [0.05, 0.1) is 63.6 Å². The Hall–Kier alpha value is -6.92. The van der Waals surface area contributed by atoms with Crippen molar-refractivity contribution in [3.05, 3.63) is 170 Å². The maximum atomic E-state index is 14.2. The maximum Gasteiger partial charge on any atom is 2.00 e. The van der Waals surface area contributed by atoms with Crippen molar-refractivity contribution >= 4 is 65.9 Å². The normalized spacial score (nSPS) is 15.3. The third kappa shape index (κ3) is 16.1. The van der Waals surface area contributed by atoms with Gasteiger partial charge in [0.2, 0.25) is 0 Å². The molecule has 3 aliphatic rings. The van der Waals surface area contributed by atoms with Gasteiger partial charge in [-0.3, -0.25) is 28.3 Å². The van der Waals surface area contributed by atoms with Crippen LogP contribution in [0.5, 0.6) is 0 Å². The van der Waals surface area contributed by atoms with Crippen molar-refractivity contribution in [3.8, 4) is 22.3 Å². The zero-order valence-electron chi connectivity index (χ0n) is 63.9. The third-order valence-corrected chi connectivity index (χ3v) is 21.9. The molecule has 0 saturated carbocycles. The van der Waals surface area contributed by atoms with Crippen molar-refractivity contribution in [2.24, 2.45) is 0 Å². The van der Waals surface area contributed by atoms with E-state index in [9.17, 15) is 19.2 Å². The summed E-state index contributed by atoms with van der Waals surface area (Å²) in [6.07, 6.45) is 24.6. The summed E-state index contributed by atoms with van der Waals surface area (Å²) in [5.74, 6) is 0. The Balaban J connectivity index is 0.0000110. The molecular weight excluding hydrogens is 1300 g/mol. The van der Waals surface area contributed by atoms with E-state index in [0.29, 0.717) is 13.0 Å². The number of hydrogen-bond donors (Lipinski definition) is 0. The van der Waals surface area contributed by atoms with Crippen LogP contribution in [0.1, 0.15) is 305 Å². The first-order valence-electron chi connectivity index (χ1n) is 38.5. The monoisotopic (exact) mass is 1410 g/mol. The Kier molecular flexibility index (Phi) is 25.3. The number of fused-ring (bicyclic) bond motifs is 10. The molecule has 8 bridgehead atoms. The fourth-order valence-electron chi connectivity index (χ4n) is 15.6. The van der Waals surface area contributed by atoms with E-state index in [2.05, 4.69) is 158 Å². The summed E-state index contributed by atoms with van der Waals surface area (Å²) in [6.45, 7) is 34.8. The summed E-state index contributed by atoms with van der Waals surface area (Å²) in [6, 6.07) is 22.6. The van der Waals surface area contributed by atoms with Gasteiger partial charge in [0.1, 0.15) is 0 Å². The van der Waals surface area contributed by atoms with Crippen molar-refractivity contribution in [1.82, 2.24) is 29.1 Å². The molecule has 13 heteroatoms. The van der Waals surface area contributed by atoms with Crippen LogP contribution in [0.3, 0.4) is 0 Å². The molecule has 0 atom stereocenters. The number of aryl methyl sites for hydroxylation is 4. The molecule has 101 heavy (non-hydrogen) atoms. The van der Waals surface area contributed by atoms with Gasteiger partial charge in [-0.25, -0.2) is 9.97 Å². The van der Waals surface area contributed by atoms with Gasteiger partial charge < -0.3 is 19.4 Å². The van der Waals surface area contributed by atoms with Crippen LogP contribution in [0.4, 0.5) is 0 Å². The van der Waals surface area contributed by atoms with E-state index in [0.717, 1.165) is 206 Å². The minimum atomic E-state index is -0.780. The molecule has 0 spiro atoms. The van der Waals surface area contributed by atoms with Crippen molar-refractivity contribution in [1.29, 1.82) is 0 Å². The summed E-state index contributed by atoms with van der Waals surface area (Å²) >= 11 is 0. The van der Waals surface area contributed by atoms with Gasteiger partial charge in [-0.1, -0.05) is 249 Å². The van der Waals surface area contributed by atoms with E-state index >= 15 is 0 Å². The fraction of sp³-hybridized carbons (Fsp3) is 0.523. The molecule has 3 aromatic carbocycles. The predicted molar refractivity (Wildman–Crippen MR) is 418 cm³/mol. The van der Waals surface area contributed by atoms with Gasteiger partial charge in [-0.15, -0.1) is 22.1 Å².